The van der Waals surface area contributed by atoms with Crippen molar-refractivity contribution >= 4 is 45.7 Å². The Morgan fingerprint density at radius 1 is 0.706 bits per heavy atom. The van der Waals surface area contributed by atoms with Crippen LogP contribution in [0.4, 0.5) is 11.4 Å². The second-order valence-electron chi connectivity index (χ2n) is 8.57. The summed E-state index contributed by atoms with van der Waals surface area (Å²) in [6.07, 6.45) is 0. The van der Waals surface area contributed by atoms with Gasteiger partial charge in [0.05, 0.1) is 5.25 Å². The third-order valence-corrected chi connectivity index (χ3v) is 6.72. The highest BCUT2D eigenvalue weighted by Crippen LogP contribution is 2.27. The first kappa shape index (κ1) is 23.6. The summed E-state index contributed by atoms with van der Waals surface area (Å²) in [6.45, 7) is 6.16. The number of hydrogen-bond donors (Lipinski definition) is 2. The largest absolute Gasteiger partial charge is 0.325 e. The molecule has 0 heterocycles. The fourth-order valence-corrected chi connectivity index (χ4v) is 4.56. The van der Waals surface area contributed by atoms with E-state index in [2.05, 4.69) is 24.5 Å². The van der Waals surface area contributed by atoms with E-state index in [9.17, 15) is 9.59 Å². The lowest BCUT2D eigenvalue weighted by atomic mass is 10.0. The minimum Gasteiger partial charge on any atom is -0.325 e. The summed E-state index contributed by atoms with van der Waals surface area (Å²) in [6, 6.07) is 29.2. The van der Waals surface area contributed by atoms with Crippen LogP contribution in [0.5, 0.6) is 0 Å². The van der Waals surface area contributed by atoms with E-state index in [-0.39, 0.29) is 17.1 Å². The zero-order chi connectivity index (χ0) is 24.1. The van der Waals surface area contributed by atoms with Crippen LogP contribution < -0.4 is 10.6 Å². The van der Waals surface area contributed by atoms with Gasteiger partial charge in [0.15, 0.2) is 0 Å². The maximum atomic E-state index is 12.8. The summed E-state index contributed by atoms with van der Waals surface area (Å²) in [4.78, 5) is 26.4. The number of hydrogen-bond acceptors (Lipinski definition) is 3. The maximum Gasteiger partial charge on any atom is 0.255 e. The molecule has 2 amide bonds. The molecule has 2 N–H and O–H groups in total. The standard InChI is InChI=1S/C29H28N2O2S/c1-19(2)21-13-15-25(16-14-21)30-28(32)20(3)34-27-10-6-9-26(18-27)31-29(33)24-12-11-22-7-4-5-8-23(22)17-24/h4-20H,1-3H3,(H,30,32)(H,31,33). The molecule has 4 nitrogen and oxygen atoms in total. The molecule has 0 aliphatic rings. The van der Waals surface area contributed by atoms with Crippen molar-refractivity contribution in [2.75, 3.05) is 10.6 Å². The van der Waals surface area contributed by atoms with Crippen molar-refractivity contribution in [1.82, 2.24) is 0 Å². The molecular weight excluding hydrogens is 440 g/mol. The smallest absolute Gasteiger partial charge is 0.255 e. The lowest BCUT2D eigenvalue weighted by Gasteiger charge is -2.14. The molecule has 0 aliphatic carbocycles. The lowest BCUT2D eigenvalue weighted by molar-refractivity contribution is -0.115. The van der Waals surface area contributed by atoms with E-state index >= 15 is 0 Å². The lowest BCUT2D eigenvalue weighted by Crippen LogP contribution is -2.22. The van der Waals surface area contributed by atoms with Crippen molar-refractivity contribution in [3.63, 3.8) is 0 Å². The number of amides is 2. The molecule has 0 aromatic heterocycles. The Morgan fingerprint density at radius 3 is 2.18 bits per heavy atom. The molecule has 0 saturated heterocycles. The van der Waals surface area contributed by atoms with E-state index < -0.39 is 0 Å². The normalized spacial score (nSPS) is 11.9. The van der Waals surface area contributed by atoms with E-state index in [1.807, 2.05) is 97.9 Å². The molecule has 34 heavy (non-hydrogen) atoms. The van der Waals surface area contributed by atoms with Crippen LogP contribution in [0, 0.1) is 0 Å². The molecule has 0 fully saturated rings. The number of carbonyl (C=O) groups is 2. The van der Waals surface area contributed by atoms with Gasteiger partial charge in [0.25, 0.3) is 5.91 Å². The second-order valence-corrected chi connectivity index (χ2v) is 9.98. The molecule has 5 heteroatoms. The van der Waals surface area contributed by atoms with Gasteiger partial charge in [-0.25, -0.2) is 0 Å². The summed E-state index contributed by atoms with van der Waals surface area (Å²) in [5, 5.41) is 7.78. The molecule has 0 spiro atoms. The molecule has 0 aliphatic heterocycles. The van der Waals surface area contributed by atoms with E-state index in [0.29, 0.717) is 17.2 Å². The summed E-state index contributed by atoms with van der Waals surface area (Å²) in [7, 11) is 0. The van der Waals surface area contributed by atoms with Crippen LogP contribution >= 0.6 is 11.8 Å². The number of benzene rings is 4. The van der Waals surface area contributed by atoms with Gasteiger partial charge in [0.2, 0.25) is 5.91 Å². The van der Waals surface area contributed by atoms with Gasteiger partial charge in [-0.05, 0) is 71.6 Å². The first-order valence-electron chi connectivity index (χ1n) is 11.4. The van der Waals surface area contributed by atoms with E-state index in [1.165, 1.54) is 17.3 Å². The third kappa shape index (κ3) is 5.86. The van der Waals surface area contributed by atoms with Gasteiger partial charge >= 0.3 is 0 Å². The van der Waals surface area contributed by atoms with Gasteiger partial charge < -0.3 is 10.6 Å². The first-order chi connectivity index (χ1) is 16.4. The average molecular weight is 469 g/mol. The number of nitrogens with one attached hydrogen (secondary N) is 2. The number of thioether (sulfide) groups is 1. The molecule has 0 radical (unpaired) electrons. The Bertz CT molecular complexity index is 1320. The molecule has 1 atom stereocenters. The molecule has 1 unspecified atom stereocenters. The number of carbonyl (C=O) groups excluding carboxylic acids is 2. The molecule has 4 aromatic rings. The van der Waals surface area contributed by atoms with Crippen LogP contribution in [-0.2, 0) is 4.79 Å². The van der Waals surface area contributed by atoms with Crippen LogP contribution in [0.25, 0.3) is 10.8 Å². The summed E-state index contributed by atoms with van der Waals surface area (Å²) in [5.74, 6) is 0.227. The van der Waals surface area contributed by atoms with E-state index in [0.717, 1.165) is 21.4 Å². The molecular formula is C29H28N2O2S. The van der Waals surface area contributed by atoms with Crippen molar-refractivity contribution in [3.05, 3.63) is 102 Å². The molecule has 4 rings (SSSR count). The fourth-order valence-electron chi connectivity index (χ4n) is 3.63. The van der Waals surface area contributed by atoms with Crippen molar-refractivity contribution in [3.8, 4) is 0 Å². The minimum absolute atomic E-state index is 0.0621. The van der Waals surface area contributed by atoms with Gasteiger partial charge in [-0.1, -0.05) is 62.4 Å². The van der Waals surface area contributed by atoms with Crippen molar-refractivity contribution < 1.29 is 9.59 Å². The molecule has 4 aromatic carbocycles. The molecule has 0 bridgehead atoms. The predicted octanol–water partition coefficient (Wildman–Crippen LogP) is 7.33. The van der Waals surface area contributed by atoms with Crippen molar-refractivity contribution in [1.29, 1.82) is 0 Å². The number of anilines is 2. The van der Waals surface area contributed by atoms with Crippen molar-refractivity contribution in [2.24, 2.45) is 0 Å². The third-order valence-electron chi connectivity index (χ3n) is 5.63. The fraction of sp³-hybridized carbons (Fsp3) is 0.172. The second kappa shape index (κ2) is 10.6. The van der Waals surface area contributed by atoms with Crippen LogP contribution in [0.1, 0.15) is 42.6 Å². The van der Waals surface area contributed by atoms with Crippen LogP contribution in [-0.4, -0.2) is 17.1 Å². The van der Waals surface area contributed by atoms with E-state index in [4.69, 9.17) is 0 Å². The van der Waals surface area contributed by atoms with Gasteiger partial charge in [0, 0.05) is 21.8 Å². The number of fused-ring (bicyclic) bond motifs is 1. The highest BCUT2D eigenvalue weighted by molar-refractivity contribution is 8.00. The highest BCUT2D eigenvalue weighted by Gasteiger charge is 2.15. The van der Waals surface area contributed by atoms with Crippen LogP contribution in [0.2, 0.25) is 0 Å². The highest BCUT2D eigenvalue weighted by atomic mass is 32.2. The Balaban J connectivity index is 1.38. The number of rotatable bonds is 7. The van der Waals surface area contributed by atoms with Crippen molar-refractivity contribution in [2.45, 2.75) is 36.8 Å². The van der Waals surface area contributed by atoms with Gasteiger partial charge in [-0.3, -0.25) is 9.59 Å². The van der Waals surface area contributed by atoms with Gasteiger partial charge in [-0.15, -0.1) is 11.8 Å². The van der Waals surface area contributed by atoms with Gasteiger partial charge in [-0.2, -0.15) is 0 Å². The Morgan fingerprint density at radius 2 is 1.44 bits per heavy atom. The van der Waals surface area contributed by atoms with Gasteiger partial charge in [0.1, 0.15) is 0 Å². The molecule has 0 saturated carbocycles. The summed E-state index contributed by atoms with van der Waals surface area (Å²) in [5.41, 5.74) is 3.33. The Hall–Kier alpha value is -3.57. The average Bonchev–Trinajstić information content (AvgIpc) is 2.84. The zero-order valence-electron chi connectivity index (χ0n) is 19.5. The minimum atomic E-state index is -0.295. The van der Waals surface area contributed by atoms with Crippen LogP contribution in [0.15, 0.2) is 95.9 Å². The predicted molar refractivity (Wildman–Crippen MR) is 143 cm³/mol. The SMILES string of the molecule is CC(Sc1cccc(NC(=O)c2ccc3ccccc3c2)c1)C(=O)Nc1ccc(C(C)C)cc1. The Kier molecular flexibility index (Phi) is 7.33. The topological polar surface area (TPSA) is 58.2 Å². The maximum absolute atomic E-state index is 12.8. The monoisotopic (exact) mass is 468 g/mol. The quantitative estimate of drug-likeness (QED) is 0.279. The van der Waals surface area contributed by atoms with Crippen LogP contribution in [0.3, 0.4) is 0 Å². The zero-order valence-corrected chi connectivity index (χ0v) is 20.4. The Labute approximate surface area is 204 Å². The summed E-state index contributed by atoms with van der Waals surface area (Å²) < 4.78 is 0. The summed E-state index contributed by atoms with van der Waals surface area (Å²) >= 11 is 1.45. The first-order valence-corrected chi connectivity index (χ1v) is 12.2. The van der Waals surface area contributed by atoms with E-state index in [1.54, 1.807) is 0 Å². The molecule has 172 valence electrons.